The summed E-state index contributed by atoms with van der Waals surface area (Å²) in [5.74, 6) is 1.08. The van der Waals surface area contributed by atoms with Gasteiger partial charge in [-0.3, -0.25) is 0 Å². The molecule has 2 aromatic carbocycles. The number of benzene rings is 2. The molecule has 1 fully saturated rings. The second-order valence-electron chi connectivity index (χ2n) is 5.71. The number of rotatable bonds is 6. The quantitative estimate of drug-likeness (QED) is 0.847. The molecule has 0 unspecified atom stereocenters. The molecular formula is C18H20ClF2NO. The zero-order valence-corrected chi connectivity index (χ0v) is 13.7. The summed E-state index contributed by atoms with van der Waals surface area (Å²) in [4.78, 5) is 0. The lowest BCUT2D eigenvalue weighted by molar-refractivity contribution is 0.407. The summed E-state index contributed by atoms with van der Waals surface area (Å²) < 4.78 is 32.2. The molecule has 0 amide bonds. The Morgan fingerprint density at radius 3 is 2.70 bits per heavy atom. The fraction of sp³-hybridized carbons (Fsp3) is 0.333. The van der Waals surface area contributed by atoms with Crippen LogP contribution in [-0.4, -0.2) is 13.7 Å². The second-order valence-corrected chi connectivity index (χ2v) is 5.71. The van der Waals surface area contributed by atoms with Crippen LogP contribution in [0.15, 0.2) is 42.5 Å². The topological polar surface area (TPSA) is 21.3 Å². The lowest BCUT2D eigenvalue weighted by atomic mass is 10.1. The third-order valence-electron chi connectivity index (χ3n) is 4.19. The normalized spacial score (nSPS) is 19.1. The van der Waals surface area contributed by atoms with Crippen molar-refractivity contribution in [2.24, 2.45) is 5.92 Å². The van der Waals surface area contributed by atoms with E-state index in [2.05, 4.69) is 5.32 Å². The molecule has 2 nitrogen and oxygen atoms in total. The minimum absolute atomic E-state index is 0. The smallest absolute Gasteiger partial charge is 0.127 e. The van der Waals surface area contributed by atoms with Gasteiger partial charge in [-0.2, -0.15) is 0 Å². The van der Waals surface area contributed by atoms with Gasteiger partial charge >= 0.3 is 0 Å². The molecule has 2 atom stereocenters. The van der Waals surface area contributed by atoms with Crippen LogP contribution in [0, 0.1) is 17.6 Å². The van der Waals surface area contributed by atoms with Crippen molar-refractivity contribution in [3.05, 3.63) is 65.2 Å². The summed E-state index contributed by atoms with van der Waals surface area (Å²) >= 11 is 0. The Kier molecular flexibility index (Phi) is 5.97. The van der Waals surface area contributed by atoms with Crippen LogP contribution in [0.3, 0.4) is 0 Å². The maximum Gasteiger partial charge on any atom is 0.127 e. The number of hydrogen-bond acceptors (Lipinski definition) is 2. The standard InChI is InChI=1S/C18H19F2NO.ClH/c1-22-18-7-6-14(19)9-16(18)15-8-13(15)11-21-10-12-4-2-3-5-17(12)20;/h2-7,9,13,15,21H,8,10-11H2,1H3;1H/t13-,15+;/m1./s1. The Morgan fingerprint density at radius 1 is 1.17 bits per heavy atom. The molecule has 0 saturated heterocycles. The van der Waals surface area contributed by atoms with Gasteiger partial charge in [0.25, 0.3) is 0 Å². The molecule has 0 radical (unpaired) electrons. The summed E-state index contributed by atoms with van der Waals surface area (Å²) in [5, 5.41) is 3.28. The molecular weight excluding hydrogens is 320 g/mol. The molecule has 5 heteroatoms. The fourth-order valence-electron chi connectivity index (χ4n) is 2.88. The lowest BCUT2D eigenvalue weighted by Gasteiger charge is -2.09. The number of ether oxygens (including phenoxy) is 1. The van der Waals surface area contributed by atoms with Crippen molar-refractivity contribution >= 4 is 12.4 Å². The molecule has 1 aliphatic rings. The SMILES string of the molecule is COc1ccc(F)cc1[C@H]1C[C@@H]1CNCc1ccccc1F.Cl. The molecule has 23 heavy (non-hydrogen) atoms. The van der Waals surface area contributed by atoms with E-state index in [9.17, 15) is 8.78 Å². The Labute approximate surface area is 141 Å². The number of hydrogen-bond donors (Lipinski definition) is 1. The van der Waals surface area contributed by atoms with Gasteiger partial charge in [0.2, 0.25) is 0 Å². The van der Waals surface area contributed by atoms with E-state index in [-0.39, 0.29) is 24.0 Å². The first kappa shape index (κ1) is 17.7. The van der Waals surface area contributed by atoms with Crippen LogP contribution in [-0.2, 0) is 6.54 Å². The minimum atomic E-state index is -0.235. The Morgan fingerprint density at radius 2 is 1.96 bits per heavy atom. The number of halogens is 3. The van der Waals surface area contributed by atoms with Crippen LogP contribution >= 0.6 is 12.4 Å². The Hall–Kier alpha value is -1.65. The van der Waals surface area contributed by atoms with Gasteiger partial charge in [-0.05, 0) is 49.1 Å². The fourth-order valence-corrected chi connectivity index (χ4v) is 2.88. The highest BCUT2D eigenvalue weighted by atomic mass is 35.5. The summed E-state index contributed by atoms with van der Waals surface area (Å²) in [5.41, 5.74) is 1.60. The molecule has 1 saturated carbocycles. The van der Waals surface area contributed by atoms with Crippen molar-refractivity contribution in [1.82, 2.24) is 5.32 Å². The molecule has 0 bridgehead atoms. The van der Waals surface area contributed by atoms with Gasteiger partial charge in [0.05, 0.1) is 7.11 Å². The van der Waals surface area contributed by atoms with E-state index in [1.807, 2.05) is 6.07 Å². The molecule has 0 spiro atoms. The molecule has 0 aliphatic heterocycles. The van der Waals surface area contributed by atoms with Gasteiger partial charge in [-0.1, -0.05) is 18.2 Å². The first-order valence-electron chi connectivity index (χ1n) is 7.46. The van der Waals surface area contributed by atoms with Crippen molar-refractivity contribution in [3.8, 4) is 5.75 Å². The van der Waals surface area contributed by atoms with Gasteiger partial charge in [0.1, 0.15) is 17.4 Å². The molecule has 0 aromatic heterocycles. The third kappa shape index (κ3) is 4.21. The van der Waals surface area contributed by atoms with Crippen molar-refractivity contribution < 1.29 is 13.5 Å². The molecule has 0 heterocycles. The monoisotopic (exact) mass is 339 g/mol. The van der Waals surface area contributed by atoms with E-state index in [1.54, 1.807) is 31.4 Å². The first-order chi connectivity index (χ1) is 10.7. The van der Waals surface area contributed by atoms with E-state index >= 15 is 0 Å². The second kappa shape index (κ2) is 7.75. The van der Waals surface area contributed by atoms with E-state index < -0.39 is 0 Å². The zero-order chi connectivity index (χ0) is 15.5. The van der Waals surface area contributed by atoms with E-state index in [4.69, 9.17) is 4.74 Å². The van der Waals surface area contributed by atoms with Crippen LogP contribution in [0.1, 0.15) is 23.5 Å². The van der Waals surface area contributed by atoms with Crippen LogP contribution in [0.5, 0.6) is 5.75 Å². The van der Waals surface area contributed by atoms with Crippen LogP contribution in [0.25, 0.3) is 0 Å². The summed E-state index contributed by atoms with van der Waals surface area (Å²) in [6, 6.07) is 11.4. The Bertz CT molecular complexity index is 665. The van der Waals surface area contributed by atoms with Crippen LogP contribution in [0.2, 0.25) is 0 Å². The van der Waals surface area contributed by atoms with Gasteiger partial charge < -0.3 is 10.1 Å². The predicted molar refractivity (Wildman–Crippen MR) is 89.2 cm³/mol. The minimum Gasteiger partial charge on any atom is -0.496 e. The average molecular weight is 340 g/mol. The maximum atomic E-state index is 13.5. The maximum absolute atomic E-state index is 13.5. The van der Waals surface area contributed by atoms with Crippen molar-refractivity contribution in [1.29, 1.82) is 0 Å². The lowest BCUT2D eigenvalue weighted by Crippen LogP contribution is -2.17. The molecule has 3 rings (SSSR count). The highest BCUT2D eigenvalue weighted by molar-refractivity contribution is 5.85. The van der Waals surface area contributed by atoms with Crippen molar-refractivity contribution in [3.63, 3.8) is 0 Å². The third-order valence-corrected chi connectivity index (χ3v) is 4.19. The predicted octanol–water partition coefficient (Wildman–Crippen LogP) is 4.29. The van der Waals surface area contributed by atoms with Crippen LogP contribution in [0.4, 0.5) is 8.78 Å². The molecule has 2 aromatic rings. The van der Waals surface area contributed by atoms with E-state index in [1.165, 1.54) is 12.1 Å². The highest BCUT2D eigenvalue weighted by Gasteiger charge is 2.39. The first-order valence-corrected chi connectivity index (χ1v) is 7.46. The van der Waals surface area contributed by atoms with Crippen LogP contribution < -0.4 is 10.1 Å². The largest absolute Gasteiger partial charge is 0.496 e. The van der Waals surface area contributed by atoms with Gasteiger partial charge in [-0.25, -0.2) is 8.78 Å². The number of nitrogens with one attached hydrogen (secondary N) is 1. The summed E-state index contributed by atoms with van der Waals surface area (Å²) in [6.07, 6.45) is 1.00. The van der Waals surface area contributed by atoms with Gasteiger partial charge in [0.15, 0.2) is 0 Å². The molecule has 1 N–H and O–H groups in total. The summed E-state index contributed by atoms with van der Waals surface area (Å²) in [7, 11) is 1.60. The van der Waals surface area contributed by atoms with Crippen molar-refractivity contribution in [2.75, 3.05) is 13.7 Å². The number of methoxy groups -OCH3 is 1. The van der Waals surface area contributed by atoms with E-state index in [0.29, 0.717) is 23.9 Å². The van der Waals surface area contributed by atoms with Crippen molar-refractivity contribution in [2.45, 2.75) is 18.9 Å². The highest BCUT2D eigenvalue weighted by Crippen LogP contribution is 2.50. The molecule has 1 aliphatic carbocycles. The zero-order valence-electron chi connectivity index (χ0n) is 12.9. The van der Waals surface area contributed by atoms with E-state index in [0.717, 1.165) is 24.3 Å². The molecule has 124 valence electrons. The Balaban J connectivity index is 0.00000192. The summed E-state index contributed by atoms with van der Waals surface area (Å²) in [6.45, 7) is 1.30. The average Bonchev–Trinajstić information content (AvgIpc) is 3.28. The van der Waals surface area contributed by atoms with Gasteiger partial charge in [-0.15, -0.1) is 12.4 Å². The van der Waals surface area contributed by atoms with Gasteiger partial charge in [0, 0.05) is 17.7 Å².